The molecular weight excluding hydrogens is 371 g/mol. The minimum absolute atomic E-state index is 0.0767. The number of halogens is 2. The van der Waals surface area contributed by atoms with Crippen molar-refractivity contribution in [2.24, 2.45) is 0 Å². The van der Waals surface area contributed by atoms with Gasteiger partial charge in [0.15, 0.2) is 0 Å². The Kier molecular flexibility index (Phi) is 5.38. The number of hydrogen-bond acceptors (Lipinski definition) is 5. The molecule has 0 aliphatic carbocycles. The molecule has 23 heavy (non-hydrogen) atoms. The molecule has 8 heteroatoms. The van der Waals surface area contributed by atoms with Gasteiger partial charge in [-0.1, -0.05) is 0 Å². The Morgan fingerprint density at radius 2 is 2.00 bits per heavy atom. The Balaban J connectivity index is 2.32. The molecule has 0 saturated heterocycles. The lowest BCUT2D eigenvalue weighted by atomic mass is 10.1. The van der Waals surface area contributed by atoms with E-state index in [1.807, 2.05) is 0 Å². The molecule has 0 aliphatic heterocycles. The van der Waals surface area contributed by atoms with Gasteiger partial charge < -0.3 is 14.8 Å². The van der Waals surface area contributed by atoms with Gasteiger partial charge in [-0.2, -0.15) is 4.39 Å². The lowest BCUT2D eigenvalue weighted by Gasteiger charge is -2.13. The van der Waals surface area contributed by atoms with Crippen LogP contribution in [0.2, 0.25) is 0 Å². The Morgan fingerprint density at radius 3 is 2.61 bits per heavy atom. The first kappa shape index (κ1) is 17.0. The maximum absolute atomic E-state index is 13.7. The lowest BCUT2D eigenvalue weighted by molar-refractivity contribution is -0.386. The van der Waals surface area contributed by atoms with Gasteiger partial charge in [0.2, 0.25) is 5.82 Å². The monoisotopic (exact) mass is 384 g/mol. The van der Waals surface area contributed by atoms with Crippen LogP contribution in [-0.2, 0) is 6.54 Å². The SMILES string of the molecule is COc1ccc(CNc2c(Br)ccc(F)c2[N+](=O)[O-])c(OC)c1. The third-order valence-electron chi connectivity index (χ3n) is 3.21. The standard InChI is InChI=1S/C15H14BrFN2O4/c1-22-10-4-3-9(13(7-10)23-2)8-18-14-11(16)5-6-12(17)15(14)19(20)21/h3-7,18H,8H2,1-2H3. The summed E-state index contributed by atoms with van der Waals surface area (Å²) < 4.78 is 24.5. The van der Waals surface area contributed by atoms with Crippen molar-refractivity contribution in [2.45, 2.75) is 6.54 Å². The maximum Gasteiger partial charge on any atom is 0.328 e. The number of ether oxygens (including phenoxy) is 2. The zero-order valence-electron chi connectivity index (χ0n) is 12.4. The average Bonchev–Trinajstić information content (AvgIpc) is 2.54. The lowest BCUT2D eigenvalue weighted by Crippen LogP contribution is -2.06. The maximum atomic E-state index is 13.7. The fraction of sp³-hybridized carbons (Fsp3) is 0.200. The quantitative estimate of drug-likeness (QED) is 0.598. The van der Waals surface area contributed by atoms with Gasteiger partial charge in [-0.3, -0.25) is 10.1 Å². The van der Waals surface area contributed by atoms with E-state index in [1.54, 1.807) is 25.3 Å². The predicted octanol–water partition coefficient (Wildman–Crippen LogP) is 4.13. The van der Waals surface area contributed by atoms with Gasteiger partial charge in [0.1, 0.15) is 17.2 Å². The minimum atomic E-state index is -0.901. The van der Waals surface area contributed by atoms with E-state index >= 15 is 0 Å². The van der Waals surface area contributed by atoms with Crippen LogP contribution >= 0.6 is 15.9 Å². The van der Waals surface area contributed by atoms with Crippen molar-refractivity contribution in [1.82, 2.24) is 0 Å². The number of nitrogens with one attached hydrogen (secondary N) is 1. The number of rotatable bonds is 6. The molecule has 2 rings (SSSR count). The van der Waals surface area contributed by atoms with Crippen LogP contribution in [0.5, 0.6) is 11.5 Å². The molecule has 1 N–H and O–H groups in total. The normalized spacial score (nSPS) is 10.3. The molecule has 0 aromatic heterocycles. The van der Waals surface area contributed by atoms with Crippen molar-refractivity contribution >= 4 is 27.3 Å². The van der Waals surface area contributed by atoms with Gasteiger partial charge in [0.05, 0.1) is 19.1 Å². The van der Waals surface area contributed by atoms with Crippen molar-refractivity contribution in [1.29, 1.82) is 0 Å². The predicted molar refractivity (Wildman–Crippen MR) is 87.6 cm³/mol. The highest BCUT2D eigenvalue weighted by Gasteiger charge is 2.23. The Hall–Kier alpha value is -2.35. The highest BCUT2D eigenvalue weighted by Crippen LogP contribution is 2.35. The van der Waals surface area contributed by atoms with E-state index in [-0.39, 0.29) is 12.2 Å². The fourth-order valence-corrected chi connectivity index (χ4v) is 2.53. The van der Waals surface area contributed by atoms with Crippen LogP contribution < -0.4 is 14.8 Å². The molecule has 0 bridgehead atoms. The Labute approximate surface area is 140 Å². The Bertz CT molecular complexity index is 740. The first-order valence-corrected chi connectivity index (χ1v) is 7.34. The van der Waals surface area contributed by atoms with Gasteiger partial charge in [-0.15, -0.1) is 0 Å². The molecule has 2 aromatic rings. The zero-order chi connectivity index (χ0) is 17.0. The van der Waals surface area contributed by atoms with Crippen LogP contribution in [0.1, 0.15) is 5.56 Å². The summed E-state index contributed by atoms with van der Waals surface area (Å²) in [6.07, 6.45) is 0. The summed E-state index contributed by atoms with van der Waals surface area (Å²) in [7, 11) is 3.05. The zero-order valence-corrected chi connectivity index (χ0v) is 14.0. The smallest absolute Gasteiger partial charge is 0.328 e. The molecular formula is C15H14BrFN2O4. The molecule has 2 aromatic carbocycles. The molecule has 0 unspecified atom stereocenters. The van der Waals surface area contributed by atoms with E-state index in [0.29, 0.717) is 16.0 Å². The van der Waals surface area contributed by atoms with Crippen LogP contribution in [0.4, 0.5) is 15.8 Å². The van der Waals surface area contributed by atoms with Crippen LogP contribution in [0, 0.1) is 15.9 Å². The highest BCUT2D eigenvalue weighted by atomic mass is 79.9. The van der Waals surface area contributed by atoms with E-state index in [2.05, 4.69) is 21.2 Å². The summed E-state index contributed by atoms with van der Waals surface area (Å²) in [6.45, 7) is 0.218. The van der Waals surface area contributed by atoms with E-state index in [4.69, 9.17) is 9.47 Å². The molecule has 0 heterocycles. The second-order valence-electron chi connectivity index (χ2n) is 4.54. The number of nitro groups is 1. The van der Waals surface area contributed by atoms with E-state index in [1.165, 1.54) is 13.2 Å². The fourth-order valence-electron chi connectivity index (χ4n) is 2.07. The first-order chi connectivity index (χ1) is 11.0. The van der Waals surface area contributed by atoms with Gasteiger partial charge in [-0.25, -0.2) is 0 Å². The van der Waals surface area contributed by atoms with E-state index in [0.717, 1.165) is 11.6 Å². The molecule has 0 spiro atoms. The highest BCUT2D eigenvalue weighted by molar-refractivity contribution is 9.10. The second kappa shape index (κ2) is 7.28. The van der Waals surface area contributed by atoms with Gasteiger partial charge in [-0.05, 0) is 40.2 Å². The molecule has 122 valence electrons. The molecule has 0 aliphatic rings. The van der Waals surface area contributed by atoms with Crippen LogP contribution in [0.3, 0.4) is 0 Å². The largest absolute Gasteiger partial charge is 0.497 e. The second-order valence-corrected chi connectivity index (χ2v) is 5.40. The third kappa shape index (κ3) is 3.70. The molecule has 6 nitrogen and oxygen atoms in total. The minimum Gasteiger partial charge on any atom is -0.497 e. The van der Waals surface area contributed by atoms with Gasteiger partial charge in [0, 0.05) is 22.6 Å². The van der Waals surface area contributed by atoms with E-state index in [9.17, 15) is 14.5 Å². The number of benzene rings is 2. The summed E-state index contributed by atoms with van der Waals surface area (Å²) >= 11 is 3.20. The molecule has 0 amide bonds. The van der Waals surface area contributed by atoms with Gasteiger partial charge >= 0.3 is 5.69 Å². The first-order valence-electron chi connectivity index (χ1n) is 6.55. The van der Waals surface area contributed by atoms with Gasteiger partial charge in [0.25, 0.3) is 0 Å². The number of anilines is 1. The van der Waals surface area contributed by atoms with Crippen molar-refractivity contribution < 1.29 is 18.8 Å². The number of nitro benzene ring substituents is 1. The topological polar surface area (TPSA) is 73.6 Å². The van der Waals surface area contributed by atoms with E-state index < -0.39 is 16.4 Å². The van der Waals surface area contributed by atoms with Crippen molar-refractivity contribution in [2.75, 3.05) is 19.5 Å². The number of hydrogen-bond donors (Lipinski definition) is 1. The summed E-state index contributed by atoms with van der Waals surface area (Å²) in [4.78, 5) is 10.3. The summed E-state index contributed by atoms with van der Waals surface area (Å²) in [6, 6.07) is 7.67. The van der Waals surface area contributed by atoms with Crippen LogP contribution in [0.25, 0.3) is 0 Å². The molecule has 0 atom stereocenters. The summed E-state index contributed by atoms with van der Waals surface area (Å²) in [5, 5.41) is 14.0. The number of methoxy groups -OCH3 is 2. The average molecular weight is 385 g/mol. The molecule has 0 radical (unpaired) electrons. The molecule has 0 saturated carbocycles. The third-order valence-corrected chi connectivity index (χ3v) is 3.87. The van der Waals surface area contributed by atoms with Crippen molar-refractivity contribution in [3.05, 3.63) is 56.3 Å². The summed E-state index contributed by atoms with van der Waals surface area (Å²) in [5.74, 6) is 0.290. The summed E-state index contributed by atoms with van der Waals surface area (Å²) in [5.41, 5.74) is 0.221. The van der Waals surface area contributed by atoms with Crippen molar-refractivity contribution in [3.63, 3.8) is 0 Å². The Morgan fingerprint density at radius 1 is 1.26 bits per heavy atom. The van der Waals surface area contributed by atoms with Crippen LogP contribution in [-0.4, -0.2) is 19.1 Å². The van der Waals surface area contributed by atoms with Crippen molar-refractivity contribution in [3.8, 4) is 11.5 Å². The molecule has 0 fully saturated rings. The number of nitrogens with zero attached hydrogens (tertiary/aromatic N) is 1. The van der Waals surface area contributed by atoms with Crippen LogP contribution in [0.15, 0.2) is 34.8 Å².